The van der Waals surface area contributed by atoms with Crippen LogP contribution in [0.15, 0.2) is 33.6 Å². The molecule has 6 heteroatoms. The van der Waals surface area contributed by atoms with Crippen LogP contribution < -0.4 is 0 Å². The molecule has 0 amide bonds. The monoisotopic (exact) mass is 348 g/mol. The van der Waals surface area contributed by atoms with Gasteiger partial charge in [0.15, 0.2) is 0 Å². The van der Waals surface area contributed by atoms with Crippen LogP contribution in [0.5, 0.6) is 0 Å². The van der Waals surface area contributed by atoms with Gasteiger partial charge in [-0.05, 0) is 44.8 Å². The largest absolute Gasteiger partial charge is 0.308 e. The van der Waals surface area contributed by atoms with Crippen molar-refractivity contribution in [2.45, 2.75) is 18.2 Å². The van der Waals surface area contributed by atoms with Crippen LogP contribution in [0.25, 0.3) is 0 Å². The summed E-state index contributed by atoms with van der Waals surface area (Å²) in [6.07, 6.45) is 0.809. The number of sulfonamides is 1. The Kier molecular flexibility index (Phi) is 6.46. The molecule has 0 aliphatic heterocycles. The van der Waals surface area contributed by atoms with Crippen LogP contribution in [-0.2, 0) is 10.0 Å². The molecule has 0 unspecified atom stereocenters. The van der Waals surface area contributed by atoms with Gasteiger partial charge in [0.25, 0.3) is 0 Å². The first-order chi connectivity index (χ1) is 8.87. The minimum Gasteiger partial charge on any atom is -0.308 e. The number of hydrogen-bond acceptors (Lipinski definition) is 3. The predicted octanol–water partition coefficient (Wildman–Crippen LogP) is 2.41. The fraction of sp³-hybridized carbons (Fsp3) is 0.538. The van der Waals surface area contributed by atoms with Crippen molar-refractivity contribution in [2.75, 3.05) is 33.7 Å². The molecule has 0 aliphatic carbocycles. The number of nitrogens with zero attached hydrogens (tertiary/aromatic N) is 2. The average Bonchev–Trinajstić information content (AvgIpc) is 2.34. The Hall–Kier alpha value is -0.430. The van der Waals surface area contributed by atoms with Gasteiger partial charge in [-0.2, -0.15) is 4.31 Å². The van der Waals surface area contributed by atoms with Gasteiger partial charge >= 0.3 is 0 Å². The van der Waals surface area contributed by atoms with Gasteiger partial charge < -0.3 is 4.90 Å². The Morgan fingerprint density at radius 3 is 2.11 bits per heavy atom. The van der Waals surface area contributed by atoms with Crippen LogP contribution in [0, 0.1) is 0 Å². The summed E-state index contributed by atoms with van der Waals surface area (Å²) in [5.74, 6) is 0. The van der Waals surface area contributed by atoms with E-state index in [-0.39, 0.29) is 0 Å². The van der Waals surface area contributed by atoms with Crippen LogP contribution in [0.3, 0.4) is 0 Å². The molecule has 0 aliphatic rings. The quantitative estimate of drug-likeness (QED) is 0.759. The Bertz CT molecular complexity index is 486. The molecule has 108 valence electrons. The molecule has 0 saturated heterocycles. The molecular weight excluding hydrogens is 328 g/mol. The van der Waals surface area contributed by atoms with Gasteiger partial charge in [0.05, 0.1) is 4.90 Å². The average molecular weight is 349 g/mol. The Morgan fingerprint density at radius 2 is 1.63 bits per heavy atom. The number of likely N-dealkylation sites (N-methyl/N-ethyl adjacent to an activating group) is 1. The van der Waals surface area contributed by atoms with Crippen molar-refractivity contribution in [3.63, 3.8) is 0 Å². The van der Waals surface area contributed by atoms with Gasteiger partial charge in [-0.1, -0.05) is 22.9 Å². The fourth-order valence-electron chi connectivity index (χ4n) is 1.67. The standard InChI is InChI=1S/C13H21BrN2O2S/c1-4-9-16(11-10-15(2)3)19(17,18)13-7-5-12(14)6-8-13/h5-8H,4,9-11H2,1-3H3. The van der Waals surface area contributed by atoms with Gasteiger partial charge in [-0.15, -0.1) is 0 Å². The third kappa shape index (κ3) is 4.87. The fourth-order valence-corrected chi connectivity index (χ4v) is 3.46. The molecule has 0 fully saturated rings. The highest BCUT2D eigenvalue weighted by Crippen LogP contribution is 2.18. The van der Waals surface area contributed by atoms with Gasteiger partial charge in [0, 0.05) is 24.1 Å². The molecule has 0 bridgehead atoms. The highest BCUT2D eigenvalue weighted by Gasteiger charge is 2.23. The van der Waals surface area contributed by atoms with Crippen LogP contribution in [-0.4, -0.2) is 51.4 Å². The summed E-state index contributed by atoms with van der Waals surface area (Å²) in [4.78, 5) is 2.34. The summed E-state index contributed by atoms with van der Waals surface area (Å²) in [5.41, 5.74) is 0. The summed E-state index contributed by atoms with van der Waals surface area (Å²) in [6.45, 7) is 3.76. The maximum Gasteiger partial charge on any atom is 0.243 e. The lowest BCUT2D eigenvalue weighted by Crippen LogP contribution is -2.37. The highest BCUT2D eigenvalue weighted by atomic mass is 79.9. The predicted molar refractivity (Wildman–Crippen MR) is 81.7 cm³/mol. The highest BCUT2D eigenvalue weighted by molar-refractivity contribution is 9.10. The summed E-state index contributed by atoms with van der Waals surface area (Å²) in [7, 11) is 0.492. The molecule has 0 atom stereocenters. The lowest BCUT2D eigenvalue weighted by atomic mass is 10.4. The minimum atomic E-state index is -3.39. The van der Waals surface area contributed by atoms with Crippen LogP contribution >= 0.6 is 15.9 Å². The number of benzene rings is 1. The van der Waals surface area contributed by atoms with Crippen molar-refractivity contribution < 1.29 is 8.42 Å². The van der Waals surface area contributed by atoms with E-state index in [4.69, 9.17) is 0 Å². The molecule has 0 aromatic heterocycles. The molecule has 4 nitrogen and oxygen atoms in total. The van der Waals surface area contributed by atoms with Gasteiger partial charge in [0.1, 0.15) is 0 Å². The van der Waals surface area contributed by atoms with Gasteiger partial charge in [-0.3, -0.25) is 0 Å². The number of halogens is 1. The molecule has 1 rings (SSSR count). The minimum absolute atomic E-state index is 0.350. The van der Waals surface area contributed by atoms with E-state index >= 15 is 0 Å². The van der Waals surface area contributed by atoms with Gasteiger partial charge in [-0.25, -0.2) is 8.42 Å². The summed E-state index contributed by atoms with van der Waals surface area (Å²) in [6, 6.07) is 6.78. The zero-order valence-electron chi connectivity index (χ0n) is 11.6. The number of rotatable bonds is 7. The van der Waals surface area contributed by atoms with Crippen molar-refractivity contribution in [1.29, 1.82) is 0 Å². The molecule has 1 aromatic rings. The van der Waals surface area contributed by atoms with E-state index < -0.39 is 10.0 Å². The molecule has 0 spiro atoms. The van der Waals surface area contributed by atoms with E-state index in [0.717, 1.165) is 17.4 Å². The topological polar surface area (TPSA) is 40.6 Å². The van der Waals surface area contributed by atoms with Crippen LogP contribution in [0.1, 0.15) is 13.3 Å². The molecule has 19 heavy (non-hydrogen) atoms. The van der Waals surface area contributed by atoms with Crippen molar-refractivity contribution in [3.8, 4) is 0 Å². The molecule has 1 aromatic carbocycles. The molecular formula is C13H21BrN2O2S. The Labute approximate surface area is 124 Å². The summed E-state index contributed by atoms with van der Waals surface area (Å²) >= 11 is 3.31. The molecule has 0 saturated carbocycles. The second kappa shape index (κ2) is 7.38. The second-order valence-electron chi connectivity index (χ2n) is 4.66. The lowest BCUT2D eigenvalue weighted by Gasteiger charge is -2.23. The van der Waals surface area contributed by atoms with E-state index in [2.05, 4.69) is 15.9 Å². The first-order valence-corrected chi connectivity index (χ1v) is 8.51. The third-order valence-electron chi connectivity index (χ3n) is 2.72. The maximum atomic E-state index is 12.5. The van der Waals surface area contributed by atoms with Crippen molar-refractivity contribution in [1.82, 2.24) is 9.21 Å². The van der Waals surface area contributed by atoms with Crippen molar-refractivity contribution >= 4 is 26.0 Å². The normalized spacial score (nSPS) is 12.3. The van der Waals surface area contributed by atoms with E-state index in [0.29, 0.717) is 18.0 Å². The van der Waals surface area contributed by atoms with E-state index in [9.17, 15) is 8.42 Å². The SMILES string of the molecule is CCCN(CCN(C)C)S(=O)(=O)c1ccc(Br)cc1. The molecule has 0 N–H and O–H groups in total. The Morgan fingerprint density at radius 1 is 1.05 bits per heavy atom. The first kappa shape index (κ1) is 16.6. The van der Waals surface area contributed by atoms with E-state index in [1.54, 1.807) is 28.6 Å². The lowest BCUT2D eigenvalue weighted by molar-refractivity contribution is 0.333. The van der Waals surface area contributed by atoms with Crippen LogP contribution in [0.4, 0.5) is 0 Å². The van der Waals surface area contributed by atoms with Gasteiger partial charge in [0.2, 0.25) is 10.0 Å². The van der Waals surface area contributed by atoms with Crippen LogP contribution in [0.2, 0.25) is 0 Å². The van der Waals surface area contributed by atoms with E-state index in [1.165, 1.54) is 0 Å². The van der Waals surface area contributed by atoms with E-state index in [1.807, 2.05) is 25.9 Å². The smallest absolute Gasteiger partial charge is 0.243 e. The van der Waals surface area contributed by atoms with Crippen molar-refractivity contribution in [2.24, 2.45) is 0 Å². The molecule has 0 heterocycles. The second-order valence-corrected chi connectivity index (χ2v) is 7.51. The summed E-state index contributed by atoms with van der Waals surface area (Å²) < 4.78 is 27.5. The zero-order chi connectivity index (χ0) is 14.5. The first-order valence-electron chi connectivity index (χ1n) is 6.28. The maximum absolute atomic E-state index is 12.5. The molecule has 0 radical (unpaired) electrons. The zero-order valence-corrected chi connectivity index (χ0v) is 14.0. The number of hydrogen-bond donors (Lipinski definition) is 0. The third-order valence-corrected chi connectivity index (χ3v) is 5.16. The van der Waals surface area contributed by atoms with Crippen molar-refractivity contribution in [3.05, 3.63) is 28.7 Å². The summed E-state index contributed by atoms with van der Waals surface area (Å²) in [5, 5.41) is 0. The Balaban J connectivity index is 2.95.